The molecular formula is C19H17F2N3O4S. The van der Waals surface area contributed by atoms with Crippen molar-refractivity contribution in [2.45, 2.75) is 11.8 Å². The fourth-order valence-electron chi connectivity index (χ4n) is 2.74. The van der Waals surface area contributed by atoms with Gasteiger partial charge in [-0.1, -0.05) is 12.1 Å². The molecule has 0 bridgehead atoms. The number of carbonyl (C=O) groups excluding carboxylic acids is 1. The summed E-state index contributed by atoms with van der Waals surface area (Å²) in [6, 6.07) is 7.80. The highest BCUT2D eigenvalue weighted by atomic mass is 32.2. The summed E-state index contributed by atoms with van der Waals surface area (Å²) in [4.78, 5) is 16.2. The third-order valence-corrected chi connectivity index (χ3v) is 5.48. The van der Waals surface area contributed by atoms with Gasteiger partial charge >= 0.3 is 0 Å². The first-order valence-corrected chi connectivity index (χ1v) is 9.82. The van der Waals surface area contributed by atoms with Gasteiger partial charge in [-0.25, -0.2) is 26.9 Å². The second-order valence-electron chi connectivity index (χ2n) is 6.25. The maximum absolute atomic E-state index is 14.0. The predicted molar refractivity (Wildman–Crippen MR) is 101 cm³/mol. The van der Waals surface area contributed by atoms with Crippen molar-refractivity contribution in [2.24, 2.45) is 7.05 Å². The average molecular weight is 421 g/mol. The number of aromatic nitrogens is 2. The van der Waals surface area contributed by atoms with Crippen LogP contribution in [0.5, 0.6) is 5.75 Å². The van der Waals surface area contributed by atoms with E-state index in [4.69, 9.17) is 4.74 Å². The first-order valence-electron chi connectivity index (χ1n) is 8.33. The summed E-state index contributed by atoms with van der Waals surface area (Å²) in [5.41, 5.74) is -0.0913. The summed E-state index contributed by atoms with van der Waals surface area (Å²) in [6.45, 7) is 1.69. The van der Waals surface area contributed by atoms with Gasteiger partial charge in [0.15, 0.2) is 0 Å². The number of sulfonamides is 1. The van der Waals surface area contributed by atoms with E-state index in [-0.39, 0.29) is 22.2 Å². The van der Waals surface area contributed by atoms with E-state index in [9.17, 15) is 22.0 Å². The lowest BCUT2D eigenvalue weighted by atomic mass is 10.2. The molecule has 3 rings (SSSR count). The first kappa shape index (κ1) is 20.5. The van der Waals surface area contributed by atoms with Crippen molar-refractivity contribution < 1.29 is 26.7 Å². The van der Waals surface area contributed by atoms with Gasteiger partial charge in [0.2, 0.25) is 0 Å². The molecule has 0 aliphatic carbocycles. The zero-order chi connectivity index (χ0) is 21.3. The Kier molecular flexibility index (Phi) is 5.38. The molecule has 10 heteroatoms. The largest absolute Gasteiger partial charge is 0.495 e. The zero-order valence-electron chi connectivity index (χ0n) is 15.7. The van der Waals surface area contributed by atoms with Crippen LogP contribution in [0.25, 0.3) is 11.4 Å². The highest BCUT2D eigenvalue weighted by molar-refractivity contribution is 7.90. The monoisotopic (exact) mass is 421 g/mol. The van der Waals surface area contributed by atoms with Crippen LogP contribution in [0.4, 0.5) is 8.78 Å². The lowest BCUT2D eigenvalue weighted by molar-refractivity contribution is 0.0977. The molecular weight excluding hydrogens is 404 g/mol. The van der Waals surface area contributed by atoms with E-state index in [1.165, 1.54) is 43.1 Å². The number of benzene rings is 2. The molecule has 0 aliphatic rings. The van der Waals surface area contributed by atoms with Gasteiger partial charge in [-0.2, -0.15) is 0 Å². The minimum Gasteiger partial charge on any atom is -0.495 e. The summed E-state index contributed by atoms with van der Waals surface area (Å²) in [7, 11) is -1.54. The van der Waals surface area contributed by atoms with E-state index in [1.54, 1.807) is 13.0 Å². The second-order valence-corrected chi connectivity index (χ2v) is 7.90. The fourth-order valence-corrected chi connectivity index (χ4v) is 3.96. The van der Waals surface area contributed by atoms with Gasteiger partial charge in [-0.05, 0) is 36.8 Å². The Labute approximate surface area is 166 Å². The molecule has 3 aromatic rings. The van der Waals surface area contributed by atoms with E-state index in [0.717, 1.165) is 12.1 Å². The first-order chi connectivity index (χ1) is 13.6. The van der Waals surface area contributed by atoms with Crippen molar-refractivity contribution in [1.29, 1.82) is 0 Å². The molecule has 1 N–H and O–H groups in total. The number of imidazole rings is 1. The average Bonchev–Trinajstić information content (AvgIpc) is 3.03. The van der Waals surface area contributed by atoms with E-state index < -0.39 is 33.1 Å². The Hall–Kier alpha value is -3.27. The number of hydrogen-bond donors (Lipinski definition) is 1. The number of ether oxygens (including phenoxy) is 1. The van der Waals surface area contributed by atoms with Gasteiger partial charge in [-0.15, -0.1) is 0 Å². The van der Waals surface area contributed by atoms with Crippen LogP contribution in [0, 0.1) is 18.6 Å². The topological polar surface area (TPSA) is 90.3 Å². The summed E-state index contributed by atoms with van der Waals surface area (Å²) in [5.74, 6) is -2.86. The van der Waals surface area contributed by atoms with Crippen molar-refractivity contribution in [3.05, 3.63) is 65.5 Å². The van der Waals surface area contributed by atoms with Gasteiger partial charge in [0.25, 0.3) is 15.9 Å². The standard InChI is InChI=1S/C19H17F2N3O4S/c1-11-7-8-15(28-3)16(9-11)29(26,27)23-19(25)14-10-24(2)18(22-14)17-12(20)5-4-6-13(17)21/h4-10H,1-3H3,(H,23,25). The van der Waals surface area contributed by atoms with Gasteiger partial charge in [0, 0.05) is 13.2 Å². The molecule has 1 amide bonds. The van der Waals surface area contributed by atoms with E-state index >= 15 is 0 Å². The van der Waals surface area contributed by atoms with Crippen molar-refractivity contribution in [3.63, 3.8) is 0 Å². The molecule has 0 unspecified atom stereocenters. The minimum absolute atomic E-state index is 0.0611. The van der Waals surface area contributed by atoms with Crippen LogP contribution in [0.2, 0.25) is 0 Å². The maximum Gasteiger partial charge on any atom is 0.285 e. The summed E-state index contributed by atoms with van der Waals surface area (Å²) in [6.07, 6.45) is 1.18. The Morgan fingerprint density at radius 1 is 1.17 bits per heavy atom. The van der Waals surface area contributed by atoms with E-state index in [0.29, 0.717) is 5.56 Å². The van der Waals surface area contributed by atoms with Crippen LogP contribution >= 0.6 is 0 Å². The highest BCUT2D eigenvalue weighted by Crippen LogP contribution is 2.26. The summed E-state index contributed by atoms with van der Waals surface area (Å²) < 4.78 is 61.6. The lowest BCUT2D eigenvalue weighted by Crippen LogP contribution is -2.31. The molecule has 29 heavy (non-hydrogen) atoms. The molecule has 0 aliphatic heterocycles. The van der Waals surface area contributed by atoms with Crippen LogP contribution in [0.15, 0.2) is 47.5 Å². The molecule has 0 atom stereocenters. The number of halogens is 2. The normalized spacial score (nSPS) is 11.3. The molecule has 1 aromatic heterocycles. The molecule has 0 fully saturated rings. The number of hydrogen-bond acceptors (Lipinski definition) is 5. The van der Waals surface area contributed by atoms with Crippen molar-refractivity contribution >= 4 is 15.9 Å². The predicted octanol–water partition coefficient (Wildman–Crippen LogP) is 2.80. The third-order valence-electron chi connectivity index (χ3n) is 4.13. The van der Waals surface area contributed by atoms with Gasteiger partial charge in [0.1, 0.15) is 33.8 Å². The Morgan fingerprint density at radius 2 is 1.83 bits per heavy atom. The van der Waals surface area contributed by atoms with Crippen molar-refractivity contribution in [3.8, 4) is 17.1 Å². The van der Waals surface area contributed by atoms with Gasteiger partial charge in [0.05, 0.1) is 12.7 Å². The van der Waals surface area contributed by atoms with Crippen LogP contribution in [-0.2, 0) is 17.1 Å². The number of aryl methyl sites for hydroxylation is 2. The number of methoxy groups -OCH3 is 1. The lowest BCUT2D eigenvalue weighted by Gasteiger charge is -2.10. The zero-order valence-corrected chi connectivity index (χ0v) is 16.5. The summed E-state index contributed by atoms with van der Waals surface area (Å²) >= 11 is 0. The number of amides is 1. The molecule has 2 aromatic carbocycles. The highest BCUT2D eigenvalue weighted by Gasteiger charge is 2.26. The SMILES string of the molecule is COc1ccc(C)cc1S(=O)(=O)NC(=O)c1cn(C)c(-c2c(F)cccc2F)n1. The fraction of sp³-hybridized carbons (Fsp3) is 0.158. The summed E-state index contributed by atoms with van der Waals surface area (Å²) in [5, 5.41) is 0. The van der Waals surface area contributed by atoms with Crippen molar-refractivity contribution in [2.75, 3.05) is 7.11 Å². The molecule has 0 saturated carbocycles. The second kappa shape index (κ2) is 7.63. The minimum atomic E-state index is -4.28. The van der Waals surface area contributed by atoms with Crippen LogP contribution < -0.4 is 9.46 Å². The quantitative estimate of drug-likeness (QED) is 0.684. The van der Waals surface area contributed by atoms with E-state index in [1.807, 2.05) is 4.72 Å². The molecule has 7 nitrogen and oxygen atoms in total. The number of nitrogens with one attached hydrogen (secondary N) is 1. The molecule has 152 valence electrons. The van der Waals surface area contributed by atoms with Gasteiger partial charge < -0.3 is 9.30 Å². The Bertz CT molecular complexity index is 1190. The van der Waals surface area contributed by atoms with Crippen molar-refractivity contribution in [1.82, 2.24) is 14.3 Å². The Morgan fingerprint density at radius 3 is 2.45 bits per heavy atom. The van der Waals surface area contributed by atoms with Crippen LogP contribution in [0.1, 0.15) is 16.1 Å². The van der Waals surface area contributed by atoms with E-state index in [2.05, 4.69) is 4.98 Å². The van der Waals surface area contributed by atoms with Gasteiger partial charge in [-0.3, -0.25) is 4.79 Å². The smallest absolute Gasteiger partial charge is 0.285 e. The van der Waals surface area contributed by atoms with Crippen LogP contribution in [-0.4, -0.2) is 31.0 Å². The molecule has 0 saturated heterocycles. The number of carbonyl (C=O) groups is 1. The molecule has 0 radical (unpaired) electrons. The van der Waals surface area contributed by atoms with Crippen LogP contribution in [0.3, 0.4) is 0 Å². The number of nitrogens with zero attached hydrogens (tertiary/aromatic N) is 2. The Balaban J connectivity index is 1.96. The number of rotatable bonds is 5. The molecule has 1 heterocycles. The maximum atomic E-state index is 14.0. The third kappa shape index (κ3) is 3.97. The molecule has 0 spiro atoms.